The third-order valence-electron chi connectivity index (χ3n) is 3.48. The van der Waals surface area contributed by atoms with Crippen LogP contribution in [-0.4, -0.2) is 12.5 Å². The molecule has 0 aliphatic rings. The average molecular weight is 370 g/mol. The third-order valence-corrected chi connectivity index (χ3v) is 3.48. The van der Waals surface area contributed by atoms with Crippen molar-refractivity contribution in [1.29, 1.82) is 0 Å². The number of hydrogen-bond acceptors (Lipinski definition) is 3. The molecule has 2 aromatic rings. The molecule has 0 aliphatic heterocycles. The highest BCUT2D eigenvalue weighted by molar-refractivity contribution is 5.90. The van der Waals surface area contributed by atoms with Gasteiger partial charge in [0.2, 0.25) is 5.91 Å². The molecule has 0 fully saturated rings. The van der Waals surface area contributed by atoms with Crippen LogP contribution in [-0.2, 0) is 17.5 Å². The summed E-state index contributed by atoms with van der Waals surface area (Å²) in [6.45, 7) is 0.0221. The first kappa shape index (κ1) is 19.7. The number of ether oxygens (including phenoxy) is 1. The van der Waals surface area contributed by atoms with Crippen LogP contribution in [0.15, 0.2) is 42.5 Å². The number of nitrogens with two attached hydrogens (primary N) is 1. The van der Waals surface area contributed by atoms with E-state index in [1.165, 1.54) is 24.3 Å². The highest BCUT2D eigenvalue weighted by Gasteiger charge is 2.31. The molecule has 26 heavy (non-hydrogen) atoms. The molecule has 0 aromatic heterocycles. The third kappa shape index (κ3) is 5.73. The summed E-state index contributed by atoms with van der Waals surface area (Å²) >= 11 is 0. The van der Waals surface area contributed by atoms with E-state index >= 15 is 0 Å². The smallest absolute Gasteiger partial charge is 0.416 e. The molecule has 0 spiro atoms. The normalized spacial score (nSPS) is 11.3. The summed E-state index contributed by atoms with van der Waals surface area (Å²) in [5, 5.41) is 2.42. The summed E-state index contributed by atoms with van der Waals surface area (Å²) in [4.78, 5) is 11.9. The quantitative estimate of drug-likeness (QED) is 0.570. The first-order chi connectivity index (χ1) is 12.3. The van der Waals surface area contributed by atoms with Crippen LogP contribution in [0.1, 0.15) is 24.0 Å². The molecule has 0 unspecified atom stereocenters. The molecule has 8 heteroatoms. The Balaban J connectivity index is 1.88. The van der Waals surface area contributed by atoms with Crippen molar-refractivity contribution in [3.8, 4) is 5.75 Å². The molecule has 0 radical (unpaired) electrons. The minimum atomic E-state index is -4.53. The Labute approximate surface area is 148 Å². The van der Waals surface area contributed by atoms with Crippen molar-refractivity contribution < 1.29 is 27.1 Å². The van der Waals surface area contributed by atoms with Crippen molar-refractivity contribution in [3.63, 3.8) is 0 Å². The highest BCUT2D eigenvalue weighted by Crippen LogP contribution is 2.32. The fraction of sp³-hybridized carbons (Fsp3) is 0.278. The van der Waals surface area contributed by atoms with Gasteiger partial charge >= 0.3 is 6.18 Å². The summed E-state index contributed by atoms with van der Waals surface area (Å²) in [5.41, 5.74) is 4.81. The van der Waals surface area contributed by atoms with Crippen LogP contribution in [0, 0.1) is 5.82 Å². The highest BCUT2D eigenvalue weighted by atomic mass is 19.4. The lowest BCUT2D eigenvalue weighted by molar-refractivity contribution is -0.137. The number of para-hydroxylation sites is 1. The van der Waals surface area contributed by atoms with Crippen molar-refractivity contribution in [2.24, 2.45) is 5.73 Å². The second kappa shape index (κ2) is 8.66. The lowest BCUT2D eigenvalue weighted by Crippen LogP contribution is -2.15. The van der Waals surface area contributed by atoms with Crippen LogP contribution in [0.25, 0.3) is 0 Å². The number of benzene rings is 2. The van der Waals surface area contributed by atoms with E-state index in [0.717, 1.165) is 12.1 Å². The van der Waals surface area contributed by atoms with E-state index in [0.29, 0.717) is 0 Å². The molecule has 0 heterocycles. The van der Waals surface area contributed by atoms with E-state index in [1.54, 1.807) is 6.07 Å². The minimum absolute atomic E-state index is 0.0165. The molecule has 3 N–H and O–H groups in total. The molecule has 1 amide bonds. The lowest BCUT2D eigenvalue weighted by Gasteiger charge is -2.12. The first-order valence-corrected chi connectivity index (χ1v) is 7.88. The Kier molecular flexibility index (Phi) is 6.57. The molecule has 2 rings (SSSR count). The maximum Gasteiger partial charge on any atom is 0.416 e. The second-order valence-electron chi connectivity index (χ2n) is 5.55. The van der Waals surface area contributed by atoms with E-state index < -0.39 is 23.5 Å². The number of amides is 1. The van der Waals surface area contributed by atoms with Gasteiger partial charge in [-0.3, -0.25) is 4.79 Å². The molecule has 2 aromatic carbocycles. The standard InChI is InChI=1S/C18H18F4N2O2/c19-15-4-1-2-5-16(15)26-7-3-6-17(25)24-14-9-12(11-23)8-13(10-14)18(20,21)22/h1-2,4-5,8-10H,3,6-7,11,23H2,(H,24,25). The Morgan fingerprint density at radius 1 is 1.15 bits per heavy atom. The molecule has 140 valence electrons. The Bertz CT molecular complexity index is 763. The molecule has 0 bridgehead atoms. The van der Waals surface area contributed by atoms with E-state index in [9.17, 15) is 22.4 Å². The maximum atomic E-state index is 13.4. The van der Waals surface area contributed by atoms with E-state index in [4.69, 9.17) is 10.5 Å². The molecule has 0 saturated heterocycles. The Morgan fingerprint density at radius 2 is 1.88 bits per heavy atom. The number of anilines is 1. The largest absolute Gasteiger partial charge is 0.491 e. The van der Waals surface area contributed by atoms with Crippen molar-refractivity contribution >= 4 is 11.6 Å². The number of carbonyl (C=O) groups excluding carboxylic acids is 1. The van der Waals surface area contributed by atoms with Crippen molar-refractivity contribution in [3.05, 3.63) is 59.4 Å². The zero-order valence-corrected chi connectivity index (χ0v) is 13.8. The van der Waals surface area contributed by atoms with Gasteiger partial charge < -0.3 is 15.8 Å². The Morgan fingerprint density at radius 3 is 2.54 bits per heavy atom. The molecule has 0 atom stereocenters. The Hall–Kier alpha value is -2.61. The van der Waals surface area contributed by atoms with Crippen LogP contribution < -0.4 is 15.8 Å². The molecular formula is C18H18F4N2O2. The predicted octanol–water partition coefficient (Wildman–Crippen LogP) is 4.10. The van der Waals surface area contributed by atoms with E-state index in [2.05, 4.69) is 5.32 Å². The van der Waals surface area contributed by atoms with Crippen LogP contribution in [0.3, 0.4) is 0 Å². The van der Waals surface area contributed by atoms with Gasteiger partial charge in [0.15, 0.2) is 11.6 Å². The number of halogens is 4. The average Bonchev–Trinajstić information content (AvgIpc) is 2.59. The maximum absolute atomic E-state index is 13.4. The van der Waals surface area contributed by atoms with Crippen LogP contribution in [0.5, 0.6) is 5.75 Å². The van der Waals surface area contributed by atoms with Gasteiger partial charge in [-0.2, -0.15) is 13.2 Å². The van der Waals surface area contributed by atoms with Gasteiger partial charge in [0.25, 0.3) is 0 Å². The van der Waals surface area contributed by atoms with Gasteiger partial charge in [0.1, 0.15) is 0 Å². The van der Waals surface area contributed by atoms with Gasteiger partial charge in [-0.15, -0.1) is 0 Å². The van der Waals surface area contributed by atoms with Gasteiger partial charge in [0, 0.05) is 18.7 Å². The van der Waals surface area contributed by atoms with Gasteiger partial charge in [0.05, 0.1) is 12.2 Å². The predicted molar refractivity (Wildman–Crippen MR) is 89.1 cm³/mol. The molecule has 4 nitrogen and oxygen atoms in total. The molecule has 0 saturated carbocycles. The fourth-order valence-electron chi connectivity index (χ4n) is 2.25. The summed E-state index contributed by atoms with van der Waals surface area (Å²) in [6, 6.07) is 9.05. The second-order valence-corrected chi connectivity index (χ2v) is 5.55. The van der Waals surface area contributed by atoms with Crippen molar-refractivity contribution in [2.45, 2.75) is 25.6 Å². The summed E-state index contributed by atoms with van der Waals surface area (Å²) in [6.07, 6.45) is -4.23. The number of nitrogens with one attached hydrogen (secondary N) is 1. The van der Waals surface area contributed by atoms with Crippen LogP contribution in [0.2, 0.25) is 0 Å². The summed E-state index contributed by atoms with van der Waals surface area (Å²) in [5.74, 6) is -0.891. The summed E-state index contributed by atoms with van der Waals surface area (Å²) in [7, 11) is 0. The topological polar surface area (TPSA) is 64.3 Å². The zero-order valence-electron chi connectivity index (χ0n) is 13.8. The van der Waals surface area contributed by atoms with Gasteiger partial charge in [-0.25, -0.2) is 4.39 Å². The zero-order chi connectivity index (χ0) is 19.2. The number of rotatable bonds is 7. The van der Waals surface area contributed by atoms with Gasteiger partial charge in [-0.1, -0.05) is 12.1 Å². The fourth-order valence-corrected chi connectivity index (χ4v) is 2.25. The first-order valence-electron chi connectivity index (χ1n) is 7.88. The van der Waals surface area contributed by atoms with Crippen molar-refractivity contribution in [2.75, 3.05) is 11.9 Å². The molecular weight excluding hydrogens is 352 g/mol. The van der Waals surface area contributed by atoms with Crippen molar-refractivity contribution in [1.82, 2.24) is 0 Å². The monoisotopic (exact) mass is 370 g/mol. The van der Waals surface area contributed by atoms with E-state index in [-0.39, 0.29) is 43.0 Å². The van der Waals surface area contributed by atoms with Crippen LogP contribution >= 0.6 is 0 Å². The number of alkyl halides is 3. The number of carbonyl (C=O) groups is 1. The summed E-state index contributed by atoms with van der Waals surface area (Å²) < 4.78 is 57.2. The lowest BCUT2D eigenvalue weighted by atomic mass is 10.1. The van der Waals surface area contributed by atoms with Gasteiger partial charge in [-0.05, 0) is 42.3 Å². The van der Waals surface area contributed by atoms with E-state index in [1.807, 2.05) is 0 Å². The molecule has 0 aliphatic carbocycles. The minimum Gasteiger partial charge on any atom is -0.491 e. The number of hydrogen-bond donors (Lipinski definition) is 2. The van der Waals surface area contributed by atoms with Crippen LogP contribution in [0.4, 0.5) is 23.2 Å². The SMILES string of the molecule is NCc1cc(NC(=O)CCCOc2ccccc2F)cc(C(F)(F)F)c1.